The van der Waals surface area contributed by atoms with Crippen molar-refractivity contribution in [3.8, 4) is 0 Å². The van der Waals surface area contributed by atoms with Gasteiger partial charge in [0.05, 0.1) is 16.6 Å². The molecule has 0 radical (unpaired) electrons. The van der Waals surface area contributed by atoms with Gasteiger partial charge in [0.15, 0.2) is 8.07 Å². The Morgan fingerprint density at radius 2 is 0.889 bits per heavy atom. The molecule has 9 aromatic rings. The van der Waals surface area contributed by atoms with E-state index in [0.29, 0.717) is 0 Å². The molecular weight excluding hydrogens is 561 g/mol. The van der Waals surface area contributed by atoms with Gasteiger partial charge in [-0.15, -0.1) is 0 Å². The first-order valence-corrected chi connectivity index (χ1v) is 17.6. The first-order chi connectivity index (χ1) is 22.4. The Labute approximate surface area is 262 Å². The van der Waals surface area contributed by atoms with Crippen LogP contribution in [0.3, 0.4) is 0 Å². The highest BCUT2D eigenvalue weighted by atomic mass is 28.3. The molecule has 0 aliphatic carbocycles. The van der Waals surface area contributed by atoms with Gasteiger partial charge in [-0.05, 0) is 57.1 Å². The zero-order chi connectivity index (χ0) is 29.5. The van der Waals surface area contributed by atoms with Crippen LogP contribution in [-0.4, -0.2) is 12.5 Å². The van der Waals surface area contributed by atoms with E-state index in [1.807, 2.05) is 0 Å². The predicted molar refractivity (Wildman–Crippen MR) is 193 cm³/mol. The van der Waals surface area contributed by atoms with Crippen LogP contribution >= 0.6 is 0 Å². The Bertz CT molecular complexity index is 2460. The summed E-state index contributed by atoms with van der Waals surface area (Å²) in [6.07, 6.45) is 0. The molecule has 0 unspecified atom stereocenters. The molecule has 0 saturated heterocycles. The summed E-state index contributed by atoms with van der Waals surface area (Å²) in [5.41, 5.74) is 7.53. The monoisotopic (exact) mass is 588 g/mol. The molecule has 1 aliphatic heterocycles. The summed E-state index contributed by atoms with van der Waals surface area (Å²) in [7, 11) is -2.63. The fourth-order valence-corrected chi connectivity index (χ4v) is 13.4. The van der Waals surface area contributed by atoms with Gasteiger partial charge >= 0.3 is 0 Å². The van der Waals surface area contributed by atoms with Crippen molar-refractivity contribution in [2.45, 2.75) is 0 Å². The molecule has 7 aromatic carbocycles. The summed E-state index contributed by atoms with van der Waals surface area (Å²) in [5, 5.41) is 10.9. The molecule has 10 rings (SSSR count). The standard InChI is InChI=1S/C42H28N2Si/c1-3-14-30(15-4-1)45(31-16-5-2-6-17-31)40-24-11-9-22-38(40)43(39-23-10-12-25-41(39)45)29-26-27-37-35(28-29)34-20-13-19-33-32-18-7-8-21-36(32)44(37)42(33)34/h1-28H. The van der Waals surface area contributed by atoms with Crippen LogP contribution < -0.4 is 25.6 Å². The lowest BCUT2D eigenvalue weighted by Gasteiger charge is -2.45. The number of para-hydroxylation sites is 4. The van der Waals surface area contributed by atoms with E-state index in [1.165, 1.54) is 75.9 Å². The number of anilines is 3. The minimum Gasteiger partial charge on any atom is -0.311 e. The predicted octanol–water partition coefficient (Wildman–Crippen LogP) is 8.00. The Morgan fingerprint density at radius 3 is 1.56 bits per heavy atom. The number of nitrogens with zero attached hydrogens (tertiary/aromatic N) is 2. The summed E-state index contributed by atoms with van der Waals surface area (Å²) >= 11 is 0. The van der Waals surface area contributed by atoms with Gasteiger partial charge in [0.1, 0.15) is 0 Å². The maximum Gasteiger partial charge on any atom is 0.184 e. The largest absolute Gasteiger partial charge is 0.311 e. The van der Waals surface area contributed by atoms with Crippen LogP contribution in [0.15, 0.2) is 170 Å². The lowest BCUT2D eigenvalue weighted by atomic mass is 10.1. The second-order valence-electron chi connectivity index (χ2n) is 12.1. The van der Waals surface area contributed by atoms with Gasteiger partial charge in [-0.25, -0.2) is 0 Å². The highest BCUT2D eigenvalue weighted by Crippen LogP contribution is 2.43. The fourth-order valence-electron chi connectivity index (χ4n) is 8.25. The van der Waals surface area contributed by atoms with Crippen molar-refractivity contribution in [2.75, 3.05) is 4.90 Å². The van der Waals surface area contributed by atoms with E-state index >= 15 is 0 Å². The van der Waals surface area contributed by atoms with Gasteiger partial charge in [0.2, 0.25) is 0 Å². The van der Waals surface area contributed by atoms with Gasteiger partial charge in [-0.2, -0.15) is 0 Å². The van der Waals surface area contributed by atoms with Crippen molar-refractivity contribution in [1.29, 1.82) is 0 Å². The number of fused-ring (bicyclic) bond motifs is 8. The van der Waals surface area contributed by atoms with Crippen molar-refractivity contribution >= 4 is 84.0 Å². The summed E-state index contributed by atoms with van der Waals surface area (Å²) in [6, 6.07) is 63.3. The second-order valence-corrected chi connectivity index (χ2v) is 15.8. The Balaban J connectivity index is 1.29. The number of benzene rings is 7. The maximum absolute atomic E-state index is 2.63. The number of hydrogen-bond acceptors (Lipinski definition) is 1. The zero-order valence-electron chi connectivity index (χ0n) is 24.6. The SMILES string of the molecule is c1ccc([Si]2(c3ccccc3)c3ccccc3N(c3ccc4c(c3)c3cccc5c6ccccc6n4c53)c3ccccc32)cc1. The third-order valence-corrected chi connectivity index (χ3v) is 14.8. The average molecular weight is 589 g/mol. The van der Waals surface area contributed by atoms with E-state index in [-0.39, 0.29) is 0 Å². The molecular formula is C42H28N2Si. The van der Waals surface area contributed by atoms with Crippen molar-refractivity contribution in [1.82, 2.24) is 4.40 Å². The number of rotatable bonds is 3. The van der Waals surface area contributed by atoms with Gasteiger partial charge < -0.3 is 9.30 Å². The molecule has 45 heavy (non-hydrogen) atoms. The van der Waals surface area contributed by atoms with Gasteiger partial charge in [0, 0.05) is 38.6 Å². The van der Waals surface area contributed by atoms with Crippen LogP contribution in [0.25, 0.3) is 38.1 Å². The lowest BCUT2D eigenvalue weighted by Crippen LogP contribution is -2.77. The topological polar surface area (TPSA) is 7.65 Å². The van der Waals surface area contributed by atoms with Crippen LogP contribution in [-0.2, 0) is 0 Å². The molecule has 2 aromatic heterocycles. The van der Waals surface area contributed by atoms with E-state index in [2.05, 4.69) is 179 Å². The second kappa shape index (κ2) is 9.18. The van der Waals surface area contributed by atoms with E-state index in [0.717, 1.165) is 0 Å². The highest BCUT2D eigenvalue weighted by molar-refractivity contribution is 7.21. The smallest absolute Gasteiger partial charge is 0.184 e. The molecule has 0 bridgehead atoms. The Morgan fingerprint density at radius 1 is 0.378 bits per heavy atom. The van der Waals surface area contributed by atoms with Crippen molar-refractivity contribution in [2.24, 2.45) is 0 Å². The van der Waals surface area contributed by atoms with Crippen LogP contribution in [0.1, 0.15) is 0 Å². The quantitative estimate of drug-likeness (QED) is 0.190. The van der Waals surface area contributed by atoms with E-state index < -0.39 is 8.07 Å². The van der Waals surface area contributed by atoms with Crippen molar-refractivity contribution in [3.63, 3.8) is 0 Å². The third kappa shape index (κ3) is 3.18. The normalized spacial score (nSPS) is 13.9. The van der Waals surface area contributed by atoms with Crippen LogP contribution in [0.5, 0.6) is 0 Å². The van der Waals surface area contributed by atoms with Crippen LogP contribution in [0.4, 0.5) is 17.1 Å². The van der Waals surface area contributed by atoms with Crippen molar-refractivity contribution in [3.05, 3.63) is 170 Å². The fraction of sp³-hybridized carbons (Fsp3) is 0. The van der Waals surface area contributed by atoms with Gasteiger partial charge in [0.25, 0.3) is 0 Å². The number of hydrogen-bond donors (Lipinski definition) is 0. The highest BCUT2D eigenvalue weighted by Gasteiger charge is 2.48. The molecule has 2 nitrogen and oxygen atoms in total. The molecule has 0 fully saturated rings. The first kappa shape index (κ1) is 24.8. The average Bonchev–Trinajstić information content (AvgIpc) is 3.63. The van der Waals surface area contributed by atoms with Gasteiger partial charge in [-0.1, -0.05) is 133 Å². The van der Waals surface area contributed by atoms with Crippen LogP contribution in [0.2, 0.25) is 0 Å². The number of aromatic nitrogens is 1. The van der Waals surface area contributed by atoms with Gasteiger partial charge in [-0.3, -0.25) is 0 Å². The Hall–Kier alpha value is -5.64. The minimum absolute atomic E-state index is 1.18. The lowest BCUT2D eigenvalue weighted by molar-refractivity contribution is 1.29. The summed E-state index contributed by atoms with van der Waals surface area (Å²) < 4.78 is 2.46. The molecule has 1 aliphatic rings. The maximum atomic E-state index is 2.51. The third-order valence-electron chi connectivity index (χ3n) is 9.98. The van der Waals surface area contributed by atoms with E-state index in [1.54, 1.807) is 0 Å². The first-order valence-electron chi connectivity index (χ1n) is 15.6. The molecule has 0 N–H and O–H groups in total. The van der Waals surface area contributed by atoms with E-state index in [9.17, 15) is 0 Å². The summed E-state index contributed by atoms with van der Waals surface area (Å²) in [4.78, 5) is 2.51. The molecule has 0 atom stereocenters. The molecule has 3 heteroatoms. The van der Waals surface area contributed by atoms with E-state index in [4.69, 9.17) is 0 Å². The molecule has 210 valence electrons. The Kier molecular flexibility index (Phi) is 5.05. The molecule has 0 saturated carbocycles. The summed E-state index contributed by atoms with van der Waals surface area (Å²) in [6.45, 7) is 0. The minimum atomic E-state index is -2.63. The molecule has 0 spiro atoms. The zero-order valence-corrected chi connectivity index (χ0v) is 25.6. The summed E-state index contributed by atoms with van der Waals surface area (Å²) in [5.74, 6) is 0. The molecule has 0 amide bonds. The van der Waals surface area contributed by atoms with Crippen LogP contribution in [0, 0.1) is 0 Å². The van der Waals surface area contributed by atoms with Crippen molar-refractivity contribution < 1.29 is 0 Å². The molecule has 3 heterocycles.